The predicted octanol–water partition coefficient (Wildman–Crippen LogP) is 2.48. The van der Waals surface area contributed by atoms with Crippen molar-refractivity contribution in [3.8, 4) is 6.07 Å². The van der Waals surface area contributed by atoms with Gasteiger partial charge in [-0.05, 0) is 12.1 Å². The van der Waals surface area contributed by atoms with E-state index in [2.05, 4.69) is 5.32 Å². The number of hydrogen-bond donors (Lipinski definition) is 2. The molecule has 0 saturated heterocycles. The average molecular weight is 292 g/mol. The normalized spacial score (nSPS) is 11.4. The van der Waals surface area contributed by atoms with E-state index in [9.17, 15) is 9.59 Å². The highest BCUT2D eigenvalue weighted by atomic mass is 32.2. The number of hydrogen-bond acceptors (Lipinski definition) is 4. The molecule has 1 aromatic carbocycles. The van der Waals surface area contributed by atoms with Crippen molar-refractivity contribution in [2.45, 2.75) is 25.0 Å². The minimum Gasteiger partial charge on any atom is -0.481 e. The number of para-hydroxylation sites is 1. The average Bonchev–Trinajstić information content (AvgIpc) is 2.38. The number of nitrogens with one attached hydrogen (secondary N) is 1. The molecule has 1 unspecified atom stereocenters. The van der Waals surface area contributed by atoms with Crippen LogP contribution in [0.25, 0.3) is 0 Å². The standard InChI is InChI=1S/C14H16N2O3S/c1-10(8-14(18)19)20-7-6-13(17)16-12-5-3-2-4-11(12)9-15/h2-5,10H,6-8H2,1H3,(H,16,17)(H,18,19). The Hall–Kier alpha value is -2.00. The lowest BCUT2D eigenvalue weighted by Crippen LogP contribution is -2.14. The van der Waals surface area contributed by atoms with Gasteiger partial charge in [0.2, 0.25) is 5.91 Å². The molecule has 0 spiro atoms. The van der Waals surface area contributed by atoms with Gasteiger partial charge in [-0.15, -0.1) is 0 Å². The van der Waals surface area contributed by atoms with Crippen molar-refractivity contribution < 1.29 is 14.7 Å². The highest BCUT2D eigenvalue weighted by Gasteiger charge is 2.10. The van der Waals surface area contributed by atoms with E-state index in [4.69, 9.17) is 10.4 Å². The van der Waals surface area contributed by atoms with E-state index in [0.29, 0.717) is 17.0 Å². The first kappa shape index (κ1) is 16.1. The maximum absolute atomic E-state index is 11.7. The number of amides is 1. The van der Waals surface area contributed by atoms with Crippen LogP contribution in [-0.4, -0.2) is 28.0 Å². The van der Waals surface area contributed by atoms with Gasteiger partial charge < -0.3 is 10.4 Å². The summed E-state index contributed by atoms with van der Waals surface area (Å²) < 4.78 is 0. The number of carboxylic acid groups (broad SMARTS) is 1. The summed E-state index contributed by atoms with van der Waals surface area (Å²) in [5, 5.41) is 20.2. The lowest BCUT2D eigenvalue weighted by atomic mass is 10.2. The second-order valence-corrected chi connectivity index (χ2v) is 5.78. The summed E-state index contributed by atoms with van der Waals surface area (Å²) in [5.41, 5.74) is 0.927. The zero-order chi connectivity index (χ0) is 15.0. The Labute approximate surface area is 122 Å². The lowest BCUT2D eigenvalue weighted by Gasteiger charge is -2.09. The third kappa shape index (κ3) is 5.76. The van der Waals surface area contributed by atoms with E-state index in [0.717, 1.165) is 0 Å². The van der Waals surface area contributed by atoms with Crippen LogP contribution in [0.3, 0.4) is 0 Å². The van der Waals surface area contributed by atoms with Gasteiger partial charge in [-0.3, -0.25) is 9.59 Å². The molecular weight excluding hydrogens is 276 g/mol. The number of nitriles is 1. The minimum atomic E-state index is -0.836. The molecular formula is C14H16N2O3S. The van der Waals surface area contributed by atoms with Gasteiger partial charge in [0.25, 0.3) is 0 Å². The van der Waals surface area contributed by atoms with Crippen molar-refractivity contribution >= 4 is 29.3 Å². The van der Waals surface area contributed by atoms with Crippen molar-refractivity contribution in [2.75, 3.05) is 11.1 Å². The highest BCUT2D eigenvalue weighted by molar-refractivity contribution is 7.99. The Balaban J connectivity index is 2.37. The Morgan fingerprint density at radius 2 is 2.15 bits per heavy atom. The maximum Gasteiger partial charge on any atom is 0.304 e. The molecule has 2 N–H and O–H groups in total. The van der Waals surface area contributed by atoms with Crippen molar-refractivity contribution in [3.05, 3.63) is 29.8 Å². The van der Waals surface area contributed by atoms with E-state index >= 15 is 0 Å². The molecule has 0 saturated carbocycles. The fourth-order valence-electron chi connectivity index (χ4n) is 1.56. The third-order valence-electron chi connectivity index (χ3n) is 2.52. The number of thioether (sulfide) groups is 1. The van der Waals surface area contributed by atoms with E-state index in [-0.39, 0.29) is 24.0 Å². The molecule has 0 fully saturated rings. The van der Waals surface area contributed by atoms with Crippen LogP contribution in [0.15, 0.2) is 24.3 Å². The van der Waals surface area contributed by atoms with Crippen LogP contribution in [-0.2, 0) is 9.59 Å². The number of nitrogens with zero attached hydrogens (tertiary/aromatic N) is 1. The first-order valence-corrected chi connectivity index (χ1v) is 7.20. The molecule has 1 atom stereocenters. The zero-order valence-corrected chi connectivity index (χ0v) is 11.9. The predicted molar refractivity (Wildman–Crippen MR) is 78.6 cm³/mol. The molecule has 5 nitrogen and oxygen atoms in total. The molecule has 0 heterocycles. The van der Waals surface area contributed by atoms with Gasteiger partial charge in [0, 0.05) is 17.4 Å². The number of benzene rings is 1. The number of carbonyl (C=O) groups is 2. The molecule has 1 rings (SSSR count). The number of carboxylic acids is 1. The van der Waals surface area contributed by atoms with Gasteiger partial charge in [-0.25, -0.2) is 0 Å². The third-order valence-corrected chi connectivity index (χ3v) is 3.69. The quantitative estimate of drug-likeness (QED) is 0.805. The van der Waals surface area contributed by atoms with Crippen molar-refractivity contribution in [1.29, 1.82) is 5.26 Å². The molecule has 1 amide bonds. The van der Waals surface area contributed by atoms with Crippen LogP contribution in [0.1, 0.15) is 25.3 Å². The van der Waals surface area contributed by atoms with Gasteiger partial charge in [-0.2, -0.15) is 17.0 Å². The summed E-state index contributed by atoms with van der Waals surface area (Å²) in [6.45, 7) is 1.82. The fraction of sp³-hybridized carbons (Fsp3) is 0.357. The Kier molecular flexibility index (Phi) is 6.60. The largest absolute Gasteiger partial charge is 0.481 e. The Morgan fingerprint density at radius 3 is 2.80 bits per heavy atom. The molecule has 0 aromatic heterocycles. The molecule has 0 aliphatic heterocycles. The van der Waals surface area contributed by atoms with Crippen LogP contribution in [0.2, 0.25) is 0 Å². The van der Waals surface area contributed by atoms with Crippen molar-refractivity contribution in [2.24, 2.45) is 0 Å². The molecule has 0 bridgehead atoms. The van der Waals surface area contributed by atoms with E-state index in [1.54, 1.807) is 24.3 Å². The second kappa shape index (κ2) is 8.23. The van der Waals surface area contributed by atoms with Crippen LogP contribution in [0, 0.1) is 11.3 Å². The summed E-state index contributed by atoms with van der Waals surface area (Å²) >= 11 is 1.45. The van der Waals surface area contributed by atoms with Crippen LogP contribution >= 0.6 is 11.8 Å². The number of aliphatic carboxylic acids is 1. The summed E-state index contributed by atoms with van der Waals surface area (Å²) in [4.78, 5) is 22.2. The summed E-state index contributed by atoms with van der Waals surface area (Å²) in [5.74, 6) is -0.463. The molecule has 0 radical (unpaired) electrons. The number of carbonyl (C=O) groups excluding carboxylic acids is 1. The minimum absolute atomic E-state index is 0.0216. The number of anilines is 1. The Morgan fingerprint density at radius 1 is 1.45 bits per heavy atom. The molecule has 0 aliphatic carbocycles. The molecule has 106 valence electrons. The topological polar surface area (TPSA) is 90.2 Å². The second-order valence-electron chi connectivity index (χ2n) is 4.23. The summed E-state index contributed by atoms with van der Waals surface area (Å²) in [6, 6.07) is 8.81. The molecule has 6 heteroatoms. The van der Waals surface area contributed by atoms with Gasteiger partial charge in [0.05, 0.1) is 17.7 Å². The van der Waals surface area contributed by atoms with Crippen LogP contribution in [0.5, 0.6) is 0 Å². The highest BCUT2D eigenvalue weighted by Crippen LogP contribution is 2.17. The first-order chi connectivity index (χ1) is 9.52. The lowest BCUT2D eigenvalue weighted by molar-refractivity contribution is -0.136. The van der Waals surface area contributed by atoms with Crippen molar-refractivity contribution in [3.63, 3.8) is 0 Å². The first-order valence-electron chi connectivity index (χ1n) is 6.15. The maximum atomic E-state index is 11.7. The fourth-order valence-corrected chi connectivity index (χ4v) is 2.53. The SMILES string of the molecule is CC(CC(=O)O)SCCC(=O)Nc1ccccc1C#N. The van der Waals surface area contributed by atoms with Gasteiger partial charge in [-0.1, -0.05) is 19.1 Å². The molecule has 0 aliphatic rings. The Bertz CT molecular complexity index is 525. The number of rotatable bonds is 7. The van der Waals surface area contributed by atoms with Gasteiger partial charge in [0.15, 0.2) is 0 Å². The zero-order valence-electron chi connectivity index (χ0n) is 11.1. The molecule has 20 heavy (non-hydrogen) atoms. The molecule has 1 aromatic rings. The van der Waals surface area contributed by atoms with Gasteiger partial charge in [0.1, 0.15) is 6.07 Å². The van der Waals surface area contributed by atoms with E-state index < -0.39 is 5.97 Å². The monoisotopic (exact) mass is 292 g/mol. The smallest absolute Gasteiger partial charge is 0.304 e. The summed E-state index contributed by atoms with van der Waals surface area (Å²) in [6.07, 6.45) is 0.373. The van der Waals surface area contributed by atoms with Crippen molar-refractivity contribution in [1.82, 2.24) is 0 Å². The van der Waals surface area contributed by atoms with E-state index in [1.165, 1.54) is 11.8 Å². The van der Waals surface area contributed by atoms with Crippen LogP contribution in [0.4, 0.5) is 5.69 Å². The van der Waals surface area contributed by atoms with Crippen LogP contribution < -0.4 is 5.32 Å². The van der Waals surface area contributed by atoms with Gasteiger partial charge >= 0.3 is 5.97 Å². The van der Waals surface area contributed by atoms with E-state index in [1.807, 2.05) is 13.0 Å². The summed E-state index contributed by atoms with van der Waals surface area (Å²) in [7, 11) is 0.